The average molecular weight is 206 g/mol. The molecule has 0 amide bonds. The number of rotatable bonds is 4. The second-order valence-electron chi connectivity index (χ2n) is 3.27. The zero-order valence-electron chi connectivity index (χ0n) is 8.86. The molecule has 2 N–H and O–H groups in total. The van der Waals surface area contributed by atoms with E-state index in [4.69, 9.17) is 5.26 Å². The summed E-state index contributed by atoms with van der Waals surface area (Å²) >= 11 is 0. The van der Waals surface area contributed by atoms with Crippen molar-refractivity contribution >= 4 is 5.95 Å². The summed E-state index contributed by atoms with van der Waals surface area (Å²) in [5, 5.41) is 20.9. The Kier molecular flexibility index (Phi) is 4.01. The van der Waals surface area contributed by atoms with Crippen LogP contribution in [-0.4, -0.2) is 27.7 Å². The topological polar surface area (TPSA) is 81.8 Å². The maximum atomic E-state index is 9.33. The van der Waals surface area contributed by atoms with Crippen molar-refractivity contribution in [1.29, 1.82) is 5.26 Å². The molecule has 1 aromatic rings. The highest BCUT2D eigenvalue weighted by Gasteiger charge is 2.04. The van der Waals surface area contributed by atoms with Crippen LogP contribution in [0.25, 0.3) is 0 Å². The Morgan fingerprint density at radius 3 is 2.93 bits per heavy atom. The van der Waals surface area contributed by atoms with Gasteiger partial charge in [0.2, 0.25) is 5.95 Å². The lowest BCUT2D eigenvalue weighted by molar-refractivity contribution is 0.183. The van der Waals surface area contributed by atoms with E-state index in [2.05, 4.69) is 15.3 Å². The van der Waals surface area contributed by atoms with Gasteiger partial charge in [0.1, 0.15) is 11.8 Å². The van der Waals surface area contributed by atoms with Crippen LogP contribution in [0.4, 0.5) is 5.95 Å². The first-order chi connectivity index (χ1) is 7.15. The van der Waals surface area contributed by atoms with Crippen molar-refractivity contribution in [3.05, 3.63) is 17.5 Å². The van der Waals surface area contributed by atoms with Crippen molar-refractivity contribution in [3.8, 4) is 6.07 Å². The molecule has 0 aliphatic heterocycles. The Balaban J connectivity index is 2.69. The molecule has 1 unspecified atom stereocenters. The third kappa shape index (κ3) is 3.52. The molecule has 0 spiro atoms. The third-order valence-electron chi connectivity index (χ3n) is 1.94. The van der Waals surface area contributed by atoms with Gasteiger partial charge in [-0.25, -0.2) is 9.97 Å². The van der Waals surface area contributed by atoms with Gasteiger partial charge in [-0.3, -0.25) is 0 Å². The first-order valence-electron chi connectivity index (χ1n) is 4.83. The molecule has 0 aliphatic rings. The van der Waals surface area contributed by atoms with E-state index in [1.807, 2.05) is 13.0 Å². The highest BCUT2D eigenvalue weighted by atomic mass is 16.3. The quantitative estimate of drug-likeness (QED) is 0.762. The molecule has 1 rings (SSSR count). The summed E-state index contributed by atoms with van der Waals surface area (Å²) in [6.07, 6.45) is 0.254. The number of nitrogens with one attached hydrogen (secondary N) is 1. The molecule has 0 radical (unpaired) electrons. The molecule has 0 aromatic carbocycles. The van der Waals surface area contributed by atoms with Gasteiger partial charge in [0.05, 0.1) is 6.10 Å². The van der Waals surface area contributed by atoms with Crippen LogP contribution in [-0.2, 0) is 0 Å². The standard InChI is InChI=1S/C10H14N4O/c1-3-9(15)6-12-10-13-7(2)4-8(5-11)14-10/h4,9,15H,3,6H2,1-2H3,(H,12,13,14). The van der Waals surface area contributed by atoms with Gasteiger partial charge in [-0.1, -0.05) is 6.92 Å². The van der Waals surface area contributed by atoms with E-state index in [1.165, 1.54) is 0 Å². The second-order valence-corrected chi connectivity index (χ2v) is 3.27. The number of hydrogen-bond donors (Lipinski definition) is 2. The number of anilines is 1. The SMILES string of the molecule is CCC(O)CNc1nc(C)cc(C#N)n1. The molecular formula is C10H14N4O. The van der Waals surface area contributed by atoms with Gasteiger partial charge in [-0.15, -0.1) is 0 Å². The highest BCUT2D eigenvalue weighted by Crippen LogP contribution is 2.04. The van der Waals surface area contributed by atoms with Gasteiger partial charge in [-0.05, 0) is 19.4 Å². The minimum atomic E-state index is -0.417. The van der Waals surface area contributed by atoms with Gasteiger partial charge < -0.3 is 10.4 Å². The molecule has 0 saturated carbocycles. The van der Waals surface area contributed by atoms with Crippen LogP contribution < -0.4 is 5.32 Å². The molecule has 5 heteroatoms. The lowest BCUT2D eigenvalue weighted by Crippen LogP contribution is -2.19. The summed E-state index contributed by atoms with van der Waals surface area (Å²) in [6.45, 7) is 4.08. The Morgan fingerprint density at radius 2 is 2.33 bits per heavy atom. The fourth-order valence-corrected chi connectivity index (χ4v) is 1.06. The smallest absolute Gasteiger partial charge is 0.224 e. The van der Waals surface area contributed by atoms with Gasteiger partial charge in [0.25, 0.3) is 0 Å². The lowest BCUT2D eigenvalue weighted by Gasteiger charge is -2.09. The van der Waals surface area contributed by atoms with Crippen molar-refractivity contribution in [2.45, 2.75) is 26.4 Å². The maximum absolute atomic E-state index is 9.33. The summed E-state index contributed by atoms with van der Waals surface area (Å²) in [7, 11) is 0. The molecule has 1 aromatic heterocycles. The van der Waals surface area contributed by atoms with E-state index in [0.717, 1.165) is 5.69 Å². The van der Waals surface area contributed by atoms with E-state index in [9.17, 15) is 5.11 Å². The van der Waals surface area contributed by atoms with Crippen LogP contribution in [0.1, 0.15) is 24.7 Å². The summed E-state index contributed by atoms with van der Waals surface area (Å²) < 4.78 is 0. The molecule has 80 valence electrons. The Morgan fingerprint density at radius 1 is 1.60 bits per heavy atom. The van der Waals surface area contributed by atoms with Crippen LogP contribution in [0.3, 0.4) is 0 Å². The first-order valence-corrected chi connectivity index (χ1v) is 4.83. The van der Waals surface area contributed by atoms with E-state index < -0.39 is 6.10 Å². The number of aliphatic hydroxyl groups is 1. The number of aliphatic hydroxyl groups excluding tert-OH is 1. The summed E-state index contributed by atoms with van der Waals surface area (Å²) in [4.78, 5) is 8.07. The normalized spacial score (nSPS) is 11.9. The van der Waals surface area contributed by atoms with Crippen molar-refractivity contribution in [2.24, 2.45) is 0 Å². The van der Waals surface area contributed by atoms with Crippen LogP contribution in [0.5, 0.6) is 0 Å². The van der Waals surface area contributed by atoms with Crippen molar-refractivity contribution in [3.63, 3.8) is 0 Å². The maximum Gasteiger partial charge on any atom is 0.224 e. The van der Waals surface area contributed by atoms with Crippen molar-refractivity contribution in [1.82, 2.24) is 9.97 Å². The van der Waals surface area contributed by atoms with Crippen LogP contribution in [0, 0.1) is 18.3 Å². The van der Waals surface area contributed by atoms with E-state index >= 15 is 0 Å². The number of nitriles is 1. The number of aryl methyl sites for hydroxylation is 1. The van der Waals surface area contributed by atoms with Crippen molar-refractivity contribution in [2.75, 3.05) is 11.9 Å². The van der Waals surface area contributed by atoms with Gasteiger partial charge in [0, 0.05) is 12.2 Å². The Hall–Kier alpha value is -1.67. The largest absolute Gasteiger partial charge is 0.391 e. The summed E-state index contributed by atoms with van der Waals surface area (Å²) in [6, 6.07) is 3.57. The molecule has 1 heterocycles. The van der Waals surface area contributed by atoms with E-state index in [0.29, 0.717) is 24.6 Å². The fraction of sp³-hybridized carbons (Fsp3) is 0.500. The van der Waals surface area contributed by atoms with Crippen LogP contribution in [0.15, 0.2) is 6.07 Å². The molecule has 0 bridgehead atoms. The molecular weight excluding hydrogens is 192 g/mol. The number of aromatic nitrogens is 2. The van der Waals surface area contributed by atoms with E-state index in [1.54, 1.807) is 13.0 Å². The second kappa shape index (κ2) is 5.27. The van der Waals surface area contributed by atoms with Crippen molar-refractivity contribution < 1.29 is 5.11 Å². The first kappa shape index (κ1) is 11.4. The Bertz CT molecular complexity index is 372. The molecule has 1 atom stereocenters. The lowest BCUT2D eigenvalue weighted by atomic mass is 10.3. The van der Waals surface area contributed by atoms with Crippen LogP contribution in [0.2, 0.25) is 0 Å². The summed E-state index contributed by atoms with van der Waals surface area (Å²) in [5.41, 5.74) is 1.06. The summed E-state index contributed by atoms with van der Waals surface area (Å²) in [5.74, 6) is 0.388. The molecule has 0 fully saturated rings. The van der Waals surface area contributed by atoms with Gasteiger partial charge in [-0.2, -0.15) is 5.26 Å². The van der Waals surface area contributed by atoms with Crippen LogP contribution >= 0.6 is 0 Å². The van der Waals surface area contributed by atoms with E-state index in [-0.39, 0.29) is 0 Å². The molecule has 0 aliphatic carbocycles. The highest BCUT2D eigenvalue weighted by molar-refractivity contribution is 5.32. The van der Waals surface area contributed by atoms with Gasteiger partial charge in [0.15, 0.2) is 0 Å². The molecule has 5 nitrogen and oxygen atoms in total. The van der Waals surface area contributed by atoms with Gasteiger partial charge >= 0.3 is 0 Å². The average Bonchev–Trinajstić information content (AvgIpc) is 2.25. The Labute approximate surface area is 88.8 Å². The predicted molar refractivity (Wildman–Crippen MR) is 56.3 cm³/mol. The minimum absolute atomic E-state index is 0.330. The predicted octanol–water partition coefficient (Wildman–Crippen LogP) is 0.840. The number of hydrogen-bond acceptors (Lipinski definition) is 5. The third-order valence-corrected chi connectivity index (χ3v) is 1.94. The molecule has 15 heavy (non-hydrogen) atoms. The zero-order valence-corrected chi connectivity index (χ0v) is 8.86. The molecule has 0 saturated heterocycles. The fourth-order valence-electron chi connectivity index (χ4n) is 1.06. The monoisotopic (exact) mass is 206 g/mol. The number of nitrogens with zero attached hydrogens (tertiary/aromatic N) is 3. The zero-order chi connectivity index (χ0) is 11.3. The minimum Gasteiger partial charge on any atom is -0.391 e.